The number of nitrogens with one attached hydrogen (secondary N) is 12. The lowest BCUT2D eigenvalue weighted by molar-refractivity contribution is -0.142. The molecular weight excluding hydrogens is 1110 g/mol. The maximum absolute atomic E-state index is 14.6. The molecule has 86 heavy (non-hydrogen) atoms. The number of hydrogen-bond donors (Lipinski definition) is 14. The fourth-order valence-electron chi connectivity index (χ4n) is 10.6. The average Bonchev–Trinajstić information content (AvgIpc) is 3.01. The first-order chi connectivity index (χ1) is 41.2. The predicted octanol–water partition coefficient (Wildman–Crippen LogP) is -0.526. The van der Waals surface area contributed by atoms with Gasteiger partial charge in [0.2, 0.25) is 59.1 Å². The summed E-state index contributed by atoms with van der Waals surface area (Å²) in [5.74, 6) is -7.22. The van der Waals surface area contributed by atoms with Crippen LogP contribution >= 0.6 is 0 Å². The Morgan fingerprint density at radius 2 is 1.14 bits per heavy atom. The Bertz CT molecular complexity index is 3150. The third kappa shape index (κ3) is 17.9. The van der Waals surface area contributed by atoms with Gasteiger partial charge >= 0.3 is 0 Å². The monoisotopic (exact) mass is 1190 g/mol. The van der Waals surface area contributed by atoms with Crippen LogP contribution in [0.3, 0.4) is 0 Å². The first kappa shape index (κ1) is 64.4. The number of aromatic nitrogens is 5. The van der Waals surface area contributed by atoms with E-state index in [1.807, 2.05) is 45.9 Å². The highest BCUT2D eigenvalue weighted by Crippen LogP contribution is 2.23. The van der Waals surface area contributed by atoms with E-state index in [0.29, 0.717) is 41.9 Å². The summed E-state index contributed by atoms with van der Waals surface area (Å²) in [4.78, 5) is 158. The number of carbonyl (C=O) groups excluding carboxylic acids is 10. The number of phenolic OH excluding ortho intramolecular Hbond substituents is 1. The Labute approximate surface area is 496 Å². The second-order valence-electron chi connectivity index (χ2n) is 22.6. The third-order valence-corrected chi connectivity index (χ3v) is 14.9. The third-order valence-electron chi connectivity index (χ3n) is 14.9. The van der Waals surface area contributed by atoms with Crippen molar-refractivity contribution in [3.8, 4) is 5.75 Å². The fourth-order valence-corrected chi connectivity index (χ4v) is 10.6. The molecule has 0 radical (unpaired) electrons. The van der Waals surface area contributed by atoms with E-state index in [1.54, 1.807) is 31.3 Å². The van der Waals surface area contributed by atoms with Crippen LogP contribution in [0.15, 0.2) is 79.8 Å². The molecule has 2 aliphatic heterocycles. The lowest BCUT2D eigenvalue weighted by atomic mass is 9.98. The number of aromatic hydroxyl groups is 1. The standard InChI is InChI=1S/C59H79N15O12/c1-6-62-58(85)49-12-9-19-74(49)59(86)47(22-34-13-15-38(76)16-14-34)72-53(80)43(21-33(4)5)67-52(79)42(20-32(2)3)68-55(82)46(25-37-28-61-31-65-37)71-57(84)48(29-75)73-54(81)44(23-35-26-63-40-11-8-7-10-39(35)40)69-56(83)45(24-36-27-60-30-64-36)70-51(78)41-17-18-50(77)66-41/h7-8,10-11,13-16,26-28,30-33,41-49,63,75-76H,6,9,12,17-25,29H2,1-5H3,(H,60,64)(H,61,65)(H,62,85)(H,66,77)(H,67,79)(H,68,82)(H,69,83)(H,70,78)(H,71,84)(H,72,80)(H,73,81)/t41-,42+,43-,44-,45-,46-,47-,48-,49-/m0/s1. The molecule has 0 spiro atoms. The van der Waals surface area contributed by atoms with E-state index in [9.17, 15) is 58.2 Å². The van der Waals surface area contributed by atoms with Gasteiger partial charge in [0.05, 0.1) is 19.3 Å². The van der Waals surface area contributed by atoms with Crippen molar-refractivity contribution in [3.63, 3.8) is 0 Å². The molecule has 0 unspecified atom stereocenters. The highest BCUT2D eigenvalue weighted by molar-refractivity contribution is 5.99. The Hall–Kier alpha value is -9.14. The minimum atomic E-state index is -1.73. The molecule has 9 atom stereocenters. The zero-order valence-corrected chi connectivity index (χ0v) is 48.9. The first-order valence-electron chi connectivity index (χ1n) is 29.1. The number of fused-ring (bicyclic) bond motifs is 1. The van der Waals surface area contributed by atoms with E-state index in [-0.39, 0.29) is 87.3 Å². The summed E-state index contributed by atoms with van der Waals surface area (Å²) in [6.07, 6.45) is 8.28. The van der Waals surface area contributed by atoms with Gasteiger partial charge in [-0.05, 0) is 80.2 Å². The average molecular weight is 1190 g/mol. The van der Waals surface area contributed by atoms with Gasteiger partial charge in [0, 0.05) is 86.1 Å². The highest BCUT2D eigenvalue weighted by Gasteiger charge is 2.40. The molecule has 5 aromatic rings. The number of rotatable bonds is 30. The van der Waals surface area contributed by atoms with Crippen LogP contribution in [0.4, 0.5) is 0 Å². The van der Waals surface area contributed by atoms with Crippen molar-refractivity contribution in [1.82, 2.24) is 77.7 Å². The van der Waals surface area contributed by atoms with Gasteiger partial charge < -0.3 is 77.9 Å². The molecule has 0 bridgehead atoms. The summed E-state index contributed by atoms with van der Waals surface area (Å²) in [6, 6.07) is 2.02. The van der Waals surface area contributed by atoms with Gasteiger partial charge in [-0.1, -0.05) is 58.0 Å². The number of para-hydroxylation sites is 1. The van der Waals surface area contributed by atoms with Crippen LogP contribution in [0.1, 0.15) is 95.7 Å². The van der Waals surface area contributed by atoms with E-state index in [2.05, 4.69) is 72.8 Å². The number of benzene rings is 2. The molecule has 2 fully saturated rings. The molecule has 27 nitrogen and oxygen atoms in total. The van der Waals surface area contributed by atoms with Gasteiger partial charge in [0.15, 0.2) is 0 Å². The molecule has 3 aromatic heterocycles. The van der Waals surface area contributed by atoms with Crippen molar-refractivity contribution in [3.05, 3.63) is 102 Å². The minimum Gasteiger partial charge on any atom is -0.508 e. The maximum Gasteiger partial charge on any atom is 0.246 e. The quantitative estimate of drug-likeness (QED) is 0.0275. The van der Waals surface area contributed by atoms with Crippen LogP contribution in [0.5, 0.6) is 5.75 Å². The van der Waals surface area contributed by atoms with Crippen molar-refractivity contribution in [2.75, 3.05) is 19.7 Å². The van der Waals surface area contributed by atoms with Gasteiger partial charge in [-0.15, -0.1) is 0 Å². The van der Waals surface area contributed by atoms with E-state index >= 15 is 0 Å². The second-order valence-corrected chi connectivity index (χ2v) is 22.6. The number of aromatic amines is 3. The largest absolute Gasteiger partial charge is 0.508 e. The summed E-state index contributed by atoms with van der Waals surface area (Å²) in [7, 11) is 0. The fraction of sp³-hybridized carbons (Fsp3) is 0.492. The number of aliphatic hydroxyl groups excluding tert-OH is 1. The second kappa shape index (κ2) is 30.6. The van der Waals surface area contributed by atoms with Crippen molar-refractivity contribution < 1.29 is 58.2 Å². The molecule has 27 heteroatoms. The van der Waals surface area contributed by atoms with E-state index in [0.717, 1.165) is 10.9 Å². The number of hydrogen-bond acceptors (Lipinski definition) is 14. The number of imidazole rings is 2. The SMILES string of the molecule is CCNC(=O)[C@@H]1CCCN1C(=O)[C@H](Cc1ccc(O)cc1)NC(=O)[C@H](CC(C)C)NC(=O)[C@@H](CC(C)C)NC(=O)[C@H](Cc1cnc[nH]1)NC(=O)[C@H](CO)NC(=O)[C@H](Cc1c[nH]c2ccccc12)NC(=O)[C@H](Cc1cnc[nH]1)NC(=O)[C@@H]1CCC(=O)N1. The Morgan fingerprint density at radius 3 is 1.67 bits per heavy atom. The number of nitrogens with zero attached hydrogens (tertiary/aromatic N) is 3. The van der Waals surface area contributed by atoms with Crippen LogP contribution in [-0.2, 0) is 73.6 Å². The minimum absolute atomic E-state index is 0.00417. The first-order valence-corrected chi connectivity index (χ1v) is 29.1. The summed E-state index contributed by atoms with van der Waals surface area (Å²) < 4.78 is 0. The van der Waals surface area contributed by atoms with Crippen molar-refractivity contribution >= 4 is 70.0 Å². The zero-order chi connectivity index (χ0) is 62.0. The molecule has 2 aromatic carbocycles. The van der Waals surface area contributed by atoms with Crippen LogP contribution in [-0.4, -0.2) is 173 Å². The number of carbonyl (C=O) groups is 10. The van der Waals surface area contributed by atoms with Gasteiger partial charge in [-0.2, -0.15) is 0 Å². The van der Waals surface area contributed by atoms with Gasteiger partial charge in [0.1, 0.15) is 60.1 Å². The number of amides is 10. The normalized spacial score (nSPS) is 17.3. The summed E-state index contributed by atoms with van der Waals surface area (Å²) in [6.45, 7) is 8.73. The summed E-state index contributed by atoms with van der Waals surface area (Å²) in [5.41, 5.74) is 2.77. The van der Waals surface area contributed by atoms with E-state index in [1.165, 1.54) is 42.1 Å². The molecule has 7 rings (SSSR count). The van der Waals surface area contributed by atoms with E-state index < -0.39 is 108 Å². The number of likely N-dealkylation sites (N-methyl/N-ethyl adjacent to an activating group) is 1. The van der Waals surface area contributed by atoms with Crippen molar-refractivity contribution in [1.29, 1.82) is 0 Å². The summed E-state index contributed by atoms with van der Waals surface area (Å²) >= 11 is 0. The molecule has 462 valence electrons. The molecule has 5 heterocycles. The van der Waals surface area contributed by atoms with Crippen molar-refractivity contribution in [2.45, 2.75) is 153 Å². The van der Waals surface area contributed by atoms with Crippen LogP contribution < -0.4 is 47.9 Å². The molecule has 2 saturated heterocycles. The Kier molecular flexibility index (Phi) is 22.9. The number of likely N-dealkylation sites (tertiary alicyclic amines) is 1. The van der Waals surface area contributed by atoms with E-state index in [4.69, 9.17) is 0 Å². The maximum atomic E-state index is 14.6. The topological polar surface area (TPSA) is 396 Å². The lowest BCUT2D eigenvalue weighted by Crippen LogP contribution is -2.61. The Morgan fingerprint density at radius 1 is 0.616 bits per heavy atom. The molecule has 2 aliphatic rings. The van der Waals surface area contributed by atoms with Crippen LogP contribution in [0.2, 0.25) is 0 Å². The van der Waals surface area contributed by atoms with Crippen LogP contribution in [0, 0.1) is 11.8 Å². The number of aliphatic hydroxyl groups is 1. The molecule has 14 N–H and O–H groups in total. The molecule has 0 aliphatic carbocycles. The Balaban J connectivity index is 1.08. The highest BCUT2D eigenvalue weighted by atomic mass is 16.3. The molecule has 10 amide bonds. The summed E-state index contributed by atoms with van der Waals surface area (Å²) in [5, 5.41) is 45.8. The predicted molar refractivity (Wildman–Crippen MR) is 312 cm³/mol. The lowest BCUT2D eigenvalue weighted by Gasteiger charge is -2.31. The molecular formula is C59H79N15O12. The van der Waals surface area contributed by atoms with Gasteiger partial charge in [0.25, 0.3) is 0 Å². The number of phenols is 1. The van der Waals surface area contributed by atoms with Gasteiger partial charge in [-0.25, -0.2) is 9.97 Å². The van der Waals surface area contributed by atoms with Crippen LogP contribution in [0.25, 0.3) is 10.9 Å². The van der Waals surface area contributed by atoms with Crippen molar-refractivity contribution in [2.24, 2.45) is 11.8 Å². The smallest absolute Gasteiger partial charge is 0.246 e. The molecule has 0 saturated carbocycles. The number of H-pyrrole nitrogens is 3. The zero-order valence-electron chi connectivity index (χ0n) is 48.9. The van der Waals surface area contributed by atoms with Gasteiger partial charge in [-0.3, -0.25) is 47.9 Å².